The van der Waals surface area contributed by atoms with Gasteiger partial charge in [0.25, 0.3) is 0 Å². The van der Waals surface area contributed by atoms with Crippen LogP contribution in [0.25, 0.3) is 0 Å². The third-order valence-corrected chi connectivity index (χ3v) is 1.71. The zero-order chi connectivity index (χ0) is 8.10. The number of Topliss-reactive ketones (excluding diaryl/α,β-unsaturated/α-hetero) is 1. The van der Waals surface area contributed by atoms with E-state index in [2.05, 4.69) is 11.2 Å². The molecule has 0 spiro atoms. The highest BCUT2D eigenvalue weighted by Gasteiger charge is 2.19. The van der Waals surface area contributed by atoms with Gasteiger partial charge in [0.2, 0.25) is 0 Å². The maximum atomic E-state index is 10.9. The highest BCUT2D eigenvalue weighted by molar-refractivity contribution is 5.80. The highest BCUT2D eigenvalue weighted by atomic mass is 16.1. The van der Waals surface area contributed by atoms with Gasteiger partial charge < -0.3 is 5.32 Å². The first-order valence-electron chi connectivity index (χ1n) is 4.01. The van der Waals surface area contributed by atoms with Crippen molar-refractivity contribution < 1.29 is 4.79 Å². The predicted molar refractivity (Wildman–Crippen MR) is 44.1 cm³/mol. The van der Waals surface area contributed by atoms with Gasteiger partial charge in [-0.1, -0.05) is 5.92 Å². The van der Waals surface area contributed by atoms with E-state index in [-0.39, 0.29) is 12.2 Å². The first-order valence-corrected chi connectivity index (χ1v) is 4.01. The van der Waals surface area contributed by atoms with Gasteiger partial charge in [-0.3, -0.25) is 4.79 Å². The molecule has 0 atom stereocenters. The molecular formula is C9H13NO. The van der Waals surface area contributed by atoms with Crippen molar-refractivity contribution in [3.63, 3.8) is 0 Å². The molecule has 0 aromatic heterocycles. The van der Waals surface area contributed by atoms with Crippen LogP contribution >= 0.6 is 0 Å². The molecule has 0 aliphatic heterocycles. The fourth-order valence-electron chi connectivity index (χ4n) is 0.905. The van der Waals surface area contributed by atoms with E-state index < -0.39 is 0 Å². The number of rotatable bonds is 5. The van der Waals surface area contributed by atoms with Crippen molar-refractivity contribution in [2.45, 2.75) is 31.7 Å². The topological polar surface area (TPSA) is 29.1 Å². The van der Waals surface area contributed by atoms with Crippen LogP contribution < -0.4 is 5.32 Å². The first kappa shape index (κ1) is 8.29. The Balaban J connectivity index is 1.93. The van der Waals surface area contributed by atoms with Crippen molar-refractivity contribution in [3.8, 4) is 12.3 Å². The lowest BCUT2D eigenvalue weighted by molar-refractivity contribution is -0.118. The van der Waals surface area contributed by atoms with Gasteiger partial charge in [0.1, 0.15) is 5.78 Å². The summed E-state index contributed by atoms with van der Waals surface area (Å²) in [6.45, 7) is 0.797. The minimum Gasteiger partial charge on any atom is -0.314 e. The fraction of sp³-hybridized carbons (Fsp3) is 0.667. The molecule has 2 nitrogen and oxygen atoms in total. The lowest BCUT2D eigenvalue weighted by Gasteiger charge is -1.98. The van der Waals surface area contributed by atoms with Crippen LogP contribution in [0.1, 0.15) is 25.7 Å². The summed E-state index contributed by atoms with van der Waals surface area (Å²) in [5.74, 6) is 2.51. The number of hydrogen-bond donors (Lipinski definition) is 1. The van der Waals surface area contributed by atoms with E-state index in [1.165, 1.54) is 12.8 Å². The van der Waals surface area contributed by atoms with Crippen LogP contribution in [-0.2, 0) is 4.79 Å². The van der Waals surface area contributed by atoms with Gasteiger partial charge in [-0.2, -0.15) is 0 Å². The number of hydrogen-bond acceptors (Lipinski definition) is 2. The maximum absolute atomic E-state index is 10.9. The minimum atomic E-state index is 0.167. The fourth-order valence-corrected chi connectivity index (χ4v) is 0.905. The number of ketones is 1. The van der Waals surface area contributed by atoms with Crippen LogP contribution in [0, 0.1) is 12.3 Å². The van der Waals surface area contributed by atoms with Crippen LogP contribution in [0.5, 0.6) is 0 Å². The van der Waals surface area contributed by atoms with Crippen molar-refractivity contribution in [2.24, 2.45) is 0 Å². The average Bonchev–Trinajstić information content (AvgIpc) is 2.72. The van der Waals surface area contributed by atoms with Gasteiger partial charge in [0, 0.05) is 19.0 Å². The molecular weight excluding hydrogens is 138 g/mol. The Bertz CT molecular complexity index is 176. The molecule has 1 fully saturated rings. The summed E-state index contributed by atoms with van der Waals surface area (Å²) in [4.78, 5) is 10.9. The van der Waals surface area contributed by atoms with Crippen molar-refractivity contribution >= 4 is 5.78 Å². The zero-order valence-corrected chi connectivity index (χ0v) is 6.60. The van der Waals surface area contributed by atoms with E-state index in [0.717, 1.165) is 6.54 Å². The summed E-state index contributed by atoms with van der Waals surface area (Å²) < 4.78 is 0. The van der Waals surface area contributed by atoms with E-state index in [4.69, 9.17) is 6.42 Å². The van der Waals surface area contributed by atoms with E-state index in [1.807, 2.05) is 0 Å². The molecule has 1 aliphatic carbocycles. The SMILES string of the molecule is C#CCC(=O)CCNC1CC1. The molecule has 1 N–H and O–H groups in total. The molecule has 1 rings (SSSR count). The minimum absolute atomic E-state index is 0.167. The van der Waals surface area contributed by atoms with Crippen molar-refractivity contribution in [3.05, 3.63) is 0 Å². The summed E-state index contributed by atoms with van der Waals surface area (Å²) in [6.07, 6.45) is 8.38. The largest absolute Gasteiger partial charge is 0.314 e. The molecule has 0 bridgehead atoms. The predicted octanol–water partition coefficient (Wildman–Crippen LogP) is 0.721. The van der Waals surface area contributed by atoms with Crippen molar-refractivity contribution in [1.29, 1.82) is 0 Å². The lowest BCUT2D eigenvalue weighted by Crippen LogP contribution is -2.19. The first-order chi connectivity index (χ1) is 5.33. The molecule has 0 amide bonds. The summed E-state index contributed by atoms with van der Waals surface area (Å²) in [6, 6.07) is 0.689. The Morgan fingerprint density at radius 3 is 2.91 bits per heavy atom. The molecule has 1 saturated carbocycles. The standard InChI is InChI=1S/C9H13NO/c1-2-3-9(11)6-7-10-8-4-5-8/h1,8,10H,3-7H2. The molecule has 0 heterocycles. The van der Waals surface area contributed by atoms with Crippen LogP contribution in [0.3, 0.4) is 0 Å². The van der Waals surface area contributed by atoms with Crippen molar-refractivity contribution in [2.75, 3.05) is 6.54 Å². The van der Waals surface area contributed by atoms with Gasteiger partial charge in [0.05, 0.1) is 6.42 Å². The average molecular weight is 151 g/mol. The van der Waals surface area contributed by atoms with E-state index in [0.29, 0.717) is 12.5 Å². The monoisotopic (exact) mass is 151 g/mol. The molecule has 60 valence electrons. The third-order valence-electron chi connectivity index (χ3n) is 1.71. The molecule has 0 saturated heterocycles. The second-order valence-electron chi connectivity index (χ2n) is 2.90. The van der Waals surface area contributed by atoms with Crippen LogP contribution in [0.4, 0.5) is 0 Å². The number of carbonyl (C=O) groups excluding carboxylic acids is 1. The Kier molecular flexibility index (Phi) is 3.13. The Morgan fingerprint density at radius 1 is 1.64 bits per heavy atom. The van der Waals surface area contributed by atoms with Gasteiger partial charge in [-0.25, -0.2) is 0 Å². The molecule has 0 aromatic rings. The van der Waals surface area contributed by atoms with Gasteiger partial charge in [-0.05, 0) is 12.8 Å². The number of nitrogens with one attached hydrogen (secondary N) is 1. The molecule has 0 radical (unpaired) electrons. The Labute approximate surface area is 67.4 Å². The summed E-state index contributed by atoms with van der Waals surface area (Å²) in [5.41, 5.74) is 0. The smallest absolute Gasteiger partial charge is 0.146 e. The maximum Gasteiger partial charge on any atom is 0.146 e. The molecule has 1 aliphatic rings. The Morgan fingerprint density at radius 2 is 2.36 bits per heavy atom. The third kappa shape index (κ3) is 3.79. The second kappa shape index (κ2) is 4.15. The Hall–Kier alpha value is -0.810. The van der Waals surface area contributed by atoms with Gasteiger partial charge in [0.15, 0.2) is 0 Å². The van der Waals surface area contributed by atoms with Crippen molar-refractivity contribution in [1.82, 2.24) is 5.32 Å². The van der Waals surface area contributed by atoms with E-state index in [1.54, 1.807) is 0 Å². The number of terminal acetylenes is 1. The zero-order valence-electron chi connectivity index (χ0n) is 6.60. The molecule has 2 heteroatoms. The van der Waals surface area contributed by atoms with Gasteiger partial charge in [-0.15, -0.1) is 6.42 Å². The molecule has 0 unspecified atom stereocenters. The van der Waals surface area contributed by atoms with Crippen LogP contribution in [0.15, 0.2) is 0 Å². The van der Waals surface area contributed by atoms with Gasteiger partial charge >= 0.3 is 0 Å². The van der Waals surface area contributed by atoms with E-state index >= 15 is 0 Å². The summed E-state index contributed by atoms with van der Waals surface area (Å²) in [7, 11) is 0. The molecule has 11 heavy (non-hydrogen) atoms. The summed E-state index contributed by atoms with van der Waals surface area (Å²) in [5, 5.41) is 3.26. The van der Waals surface area contributed by atoms with Crippen LogP contribution in [-0.4, -0.2) is 18.4 Å². The highest BCUT2D eigenvalue weighted by Crippen LogP contribution is 2.18. The second-order valence-corrected chi connectivity index (χ2v) is 2.90. The molecule has 0 aromatic carbocycles. The normalized spacial score (nSPS) is 15.9. The summed E-state index contributed by atoms with van der Waals surface area (Å²) >= 11 is 0. The van der Waals surface area contributed by atoms with E-state index in [9.17, 15) is 4.79 Å². The quantitative estimate of drug-likeness (QED) is 0.587. The lowest BCUT2D eigenvalue weighted by atomic mass is 10.2. The van der Waals surface area contributed by atoms with Crippen LogP contribution in [0.2, 0.25) is 0 Å². The number of carbonyl (C=O) groups is 1.